The molecule has 170 valence electrons. The Morgan fingerprint density at radius 1 is 0.800 bits per heavy atom. The highest BCUT2D eigenvalue weighted by Gasteiger charge is 2.62. The summed E-state index contributed by atoms with van der Waals surface area (Å²) in [5, 5.41) is 0. The average molecular weight is 411 g/mol. The highest BCUT2D eigenvalue weighted by Crippen LogP contribution is 2.70. The van der Waals surface area contributed by atoms with Gasteiger partial charge in [0.2, 0.25) is 0 Å². The number of rotatable bonds is 7. The second-order valence-corrected chi connectivity index (χ2v) is 12.7. The van der Waals surface area contributed by atoms with Crippen LogP contribution in [0, 0.1) is 34.0 Å². The molecule has 0 aromatic carbocycles. The summed E-state index contributed by atoms with van der Waals surface area (Å²) in [6.07, 6.45) is 19.7. The van der Waals surface area contributed by atoms with Gasteiger partial charge in [-0.05, 0) is 119 Å². The molecule has 3 saturated carbocycles. The zero-order chi connectivity index (χ0) is 22.2. The van der Waals surface area contributed by atoms with Gasteiger partial charge in [0.25, 0.3) is 0 Å². The second kappa shape index (κ2) is 8.99. The molecule has 30 heavy (non-hydrogen) atoms. The molecule has 0 radical (unpaired) electrons. The van der Waals surface area contributed by atoms with Gasteiger partial charge in [-0.15, -0.1) is 0 Å². The second-order valence-electron chi connectivity index (χ2n) is 12.7. The molecule has 5 unspecified atom stereocenters. The van der Waals surface area contributed by atoms with Crippen molar-refractivity contribution >= 4 is 0 Å². The van der Waals surface area contributed by atoms with E-state index in [0.717, 1.165) is 17.8 Å². The first kappa shape index (κ1) is 23.9. The molecule has 3 aliphatic rings. The molecule has 3 fully saturated rings. The van der Waals surface area contributed by atoms with Crippen LogP contribution in [0.3, 0.4) is 0 Å². The lowest BCUT2D eigenvalue weighted by molar-refractivity contribution is -0.123. The SMILES string of the molecule is C=C(CCC=C(C)CCC=C(C)C)C1CCC2C1(C)CCC1C(C)(C)CCCC12C. The zero-order valence-corrected chi connectivity index (χ0v) is 21.4. The summed E-state index contributed by atoms with van der Waals surface area (Å²) in [5.74, 6) is 2.59. The van der Waals surface area contributed by atoms with E-state index in [4.69, 9.17) is 0 Å². The van der Waals surface area contributed by atoms with Crippen LogP contribution >= 0.6 is 0 Å². The van der Waals surface area contributed by atoms with Crippen LogP contribution in [0.15, 0.2) is 35.5 Å². The predicted molar refractivity (Wildman–Crippen MR) is 134 cm³/mol. The van der Waals surface area contributed by atoms with Crippen LogP contribution in [0.1, 0.15) is 119 Å². The minimum Gasteiger partial charge on any atom is -0.0995 e. The molecule has 0 heteroatoms. The van der Waals surface area contributed by atoms with Crippen LogP contribution in [0.25, 0.3) is 0 Å². The van der Waals surface area contributed by atoms with Crippen molar-refractivity contribution < 1.29 is 0 Å². The third kappa shape index (κ3) is 4.54. The standard InChI is InChI=1S/C30H50/c1-22(2)12-9-13-23(3)14-10-15-24(4)25-16-17-27-29(25,7)21-18-26-28(5,6)19-11-20-30(26,27)8/h12,14,25-27H,4,9-11,13,15-21H2,1-3,5-8H3. The minimum absolute atomic E-state index is 0.498. The predicted octanol–water partition coefficient (Wildman–Crippen LogP) is 9.67. The van der Waals surface area contributed by atoms with E-state index in [1.54, 1.807) is 11.1 Å². The molecule has 0 aromatic heterocycles. The maximum absolute atomic E-state index is 4.67. The molecule has 3 aliphatic carbocycles. The van der Waals surface area contributed by atoms with E-state index in [2.05, 4.69) is 67.2 Å². The zero-order valence-electron chi connectivity index (χ0n) is 21.4. The molecular formula is C30H50. The van der Waals surface area contributed by atoms with Gasteiger partial charge in [0.05, 0.1) is 0 Å². The van der Waals surface area contributed by atoms with Crippen LogP contribution in [-0.4, -0.2) is 0 Å². The van der Waals surface area contributed by atoms with Crippen molar-refractivity contribution in [2.45, 2.75) is 119 Å². The summed E-state index contributed by atoms with van der Waals surface area (Å²) in [5.41, 5.74) is 6.14. The van der Waals surface area contributed by atoms with Gasteiger partial charge in [-0.3, -0.25) is 0 Å². The molecule has 0 aromatic rings. The first-order valence-corrected chi connectivity index (χ1v) is 13.0. The Labute approximate surface area is 188 Å². The minimum atomic E-state index is 0.498. The lowest BCUT2D eigenvalue weighted by Gasteiger charge is -2.62. The third-order valence-corrected chi connectivity index (χ3v) is 9.92. The fraction of sp³-hybridized carbons (Fsp3) is 0.800. The summed E-state index contributed by atoms with van der Waals surface area (Å²) >= 11 is 0. The number of allylic oxidation sites excluding steroid dienone is 5. The van der Waals surface area contributed by atoms with Gasteiger partial charge in [0.15, 0.2) is 0 Å². The Kier molecular flexibility index (Phi) is 7.16. The third-order valence-electron chi connectivity index (χ3n) is 9.92. The molecule has 5 atom stereocenters. The van der Waals surface area contributed by atoms with Crippen LogP contribution in [0.5, 0.6) is 0 Å². The van der Waals surface area contributed by atoms with Gasteiger partial charge >= 0.3 is 0 Å². The summed E-state index contributed by atoms with van der Waals surface area (Å²) in [4.78, 5) is 0. The molecule has 0 aliphatic heterocycles. The molecule has 0 bridgehead atoms. The number of hydrogen-bond acceptors (Lipinski definition) is 0. The Bertz CT molecular complexity index is 685. The summed E-state index contributed by atoms with van der Waals surface area (Å²) in [7, 11) is 0. The Morgan fingerprint density at radius 2 is 1.50 bits per heavy atom. The molecule has 0 heterocycles. The molecule has 0 nitrogen and oxygen atoms in total. The number of fused-ring (bicyclic) bond motifs is 3. The van der Waals surface area contributed by atoms with Crippen molar-refractivity contribution in [3.63, 3.8) is 0 Å². The molecule has 3 rings (SSSR count). The highest BCUT2D eigenvalue weighted by molar-refractivity contribution is 5.18. The van der Waals surface area contributed by atoms with Crippen LogP contribution < -0.4 is 0 Å². The first-order chi connectivity index (χ1) is 14.0. The topological polar surface area (TPSA) is 0 Å². The van der Waals surface area contributed by atoms with Crippen LogP contribution in [0.4, 0.5) is 0 Å². The summed E-state index contributed by atoms with van der Waals surface area (Å²) in [6.45, 7) is 21.8. The summed E-state index contributed by atoms with van der Waals surface area (Å²) in [6, 6.07) is 0. The molecule has 0 spiro atoms. The van der Waals surface area contributed by atoms with E-state index in [1.807, 2.05) is 0 Å². The lowest BCUT2D eigenvalue weighted by atomic mass is 9.43. The lowest BCUT2D eigenvalue weighted by Crippen LogP contribution is -2.54. The van der Waals surface area contributed by atoms with E-state index >= 15 is 0 Å². The van der Waals surface area contributed by atoms with E-state index in [-0.39, 0.29) is 0 Å². The monoisotopic (exact) mass is 410 g/mol. The average Bonchev–Trinajstić information content (AvgIpc) is 2.99. The quantitative estimate of drug-likeness (QED) is 0.366. The normalized spacial score (nSPS) is 38.0. The maximum atomic E-state index is 4.67. The highest BCUT2D eigenvalue weighted by atomic mass is 14.7. The molecule has 0 saturated heterocycles. The van der Waals surface area contributed by atoms with E-state index in [9.17, 15) is 0 Å². The van der Waals surface area contributed by atoms with Crippen molar-refractivity contribution in [3.05, 3.63) is 35.5 Å². The van der Waals surface area contributed by atoms with E-state index in [1.165, 1.54) is 76.2 Å². The van der Waals surface area contributed by atoms with E-state index < -0.39 is 0 Å². The summed E-state index contributed by atoms with van der Waals surface area (Å²) < 4.78 is 0. The van der Waals surface area contributed by atoms with Crippen molar-refractivity contribution in [2.75, 3.05) is 0 Å². The van der Waals surface area contributed by atoms with E-state index in [0.29, 0.717) is 16.2 Å². The van der Waals surface area contributed by atoms with Gasteiger partial charge in [-0.25, -0.2) is 0 Å². The smallest absolute Gasteiger partial charge is 0.0149 e. The van der Waals surface area contributed by atoms with Gasteiger partial charge in [-0.1, -0.05) is 69.6 Å². The van der Waals surface area contributed by atoms with Crippen molar-refractivity contribution in [3.8, 4) is 0 Å². The fourth-order valence-electron chi connectivity index (χ4n) is 8.47. The van der Waals surface area contributed by atoms with Crippen molar-refractivity contribution in [1.29, 1.82) is 0 Å². The van der Waals surface area contributed by atoms with Crippen LogP contribution in [-0.2, 0) is 0 Å². The van der Waals surface area contributed by atoms with Crippen LogP contribution in [0.2, 0.25) is 0 Å². The largest absolute Gasteiger partial charge is 0.0995 e. The van der Waals surface area contributed by atoms with Gasteiger partial charge in [0.1, 0.15) is 0 Å². The molecule has 0 amide bonds. The van der Waals surface area contributed by atoms with Gasteiger partial charge < -0.3 is 0 Å². The maximum Gasteiger partial charge on any atom is -0.0149 e. The van der Waals surface area contributed by atoms with Gasteiger partial charge in [0, 0.05) is 0 Å². The Balaban J connectivity index is 1.62. The Hall–Kier alpha value is -0.780. The fourth-order valence-corrected chi connectivity index (χ4v) is 8.47. The van der Waals surface area contributed by atoms with Crippen molar-refractivity contribution in [1.82, 2.24) is 0 Å². The molecular weight excluding hydrogens is 360 g/mol. The van der Waals surface area contributed by atoms with Gasteiger partial charge in [-0.2, -0.15) is 0 Å². The Morgan fingerprint density at radius 3 is 2.20 bits per heavy atom. The number of hydrogen-bond donors (Lipinski definition) is 0. The van der Waals surface area contributed by atoms with Crippen molar-refractivity contribution in [2.24, 2.45) is 34.0 Å². The molecule has 0 N–H and O–H groups in total. The first-order valence-electron chi connectivity index (χ1n) is 13.0.